The standard InChI is InChI=1S/C9H8ClN5S/c1-5-6(4-15(2)14-5)12-9-13-8(10)7(3-11)16-9/h4H,1-2H3,(H,12,13). The summed E-state index contributed by atoms with van der Waals surface area (Å²) >= 11 is 6.99. The second-order valence-electron chi connectivity index (χ2n) is 3.18. The fourth-order valence-corrected chi connectivity index (χ4v) is 2.22. The van der Waals surface area contributed by atoms with E-state index >= 15 is 0 Å². The summed E-state index contributed by atoms with van der Waals surface area (Å²) in [6, 6.07) is 1.98. The Morgan fingerprint density at radius 3 is 2.88 bits per heavy atom. The van der Waals surface area contributed by atoms with Gasteiger partial charge in [0.25, 0.3) is 0 Å². The van der Waals surface area contributed by atoms with Crippen molar-refractivity contribution in [1.82, 2.24) is 14.8 Å². The number of halogens is 1. The van der Waals surface area contributed by atoms with E-state index < -0.39 is 0 Å². The van der Waals surface area contributed by atoms with Gasteiger partial charge < -0.3 is 5.32 Å². The summed E-state index contributed by atoms with van der Waals surface area (Å²) in [4.78, 5) is 4.45. The maximum absolute atomic E-state index is 8.75. The third-order valence-electron chi connectivity index (χ3n) is 1.94. The van der Waals surface area contributed by atoms with Gasteiger partial charge >= 0.3 is 0 Å². The van der Waals surface area contributed by atoms with Crippen LogP contribution in [0.2, 0.25) is 5.15 Å². The highest BCUT2D eigenvalue weighted by Crippen LogP contribution is 2.28. The van der Waals surface area contributed by atoms with Crippen LogP contribution in [0.3, 0.4) is 0 Å². The summed E-state index contributed by atoms with van der Waals surface area (Å²) < 4.78 is 1.71. The highest BCUT2D eigenvalue weighted by atomic mass is 35.5. The van der Waals surface area contributed by atoms with Gasteiger partial charge in [0.2, 0.25) is 0 Å². The van der Waals surface area contributed by atoms with Gasteiger partial charge in [-0.05, 0) is 6.92 Å². The minimum atomic E-state index is 0.233. The predicted octanol–water partition coefficient (Wildman–Crippen LogP) is 2.45. The smallest absolute Gasteiger partial charge is 0.190 e. The minimum Gasteiger partial charge on any atom is -0.329 e. The van der Waals surface area contributed by atoms with E-state index in [1.54, 1.807) is 4.68 Å². The summed E-state index contributed by atoms with van der Waals surface area (Å²) in [6.45, 7) is 1.89. The Morgan fingerprint density at radius 1 is 1.62 bits per heavy atom. The van der Waals surface area contributed by atoms with Crippen LogP contribution < -0.4 is 5.32 Å². The summed E-state index contributed by atoms with van der Waals surface area (Å²) in [5.74, 6) is 0. The third-order valence-corrected chi connectivity index (χ3v) is 3.20. The van der Waals surface area contributed by atoms with Crippen molar-refractivity contribution in [3.05, 3.63) is 21.9 Å². The van der Waals surface area contributed by atoms with Crippen molar-refractivity contribution < 1.29 is 0 Å². The molecule has 0 unspecified atom stereocenters. The average molecular weight is 254 g/mol. The summed E-state index contributed by atoms with van der Waals surface area (Å²) in [5, 5.41) is 16.8. The Hall–Kier alpha value is -1.58. The number of hydrogen-bond donors (Lipinski definition) is 1. The number of thiazole rings is 1. The SMILES string of the molecule is Cc1nn(C)cc1Nc1nc(Cl)c(C#N)s1. The van der Waals surface area contributed by atoms with Crippen molar-refractivity contribution in [2.45, 2.75) is 6.92 Å². The van der Waals surface area contributed by atoms with Crippen LogP contribution in [0.5, 0.6) is 0 Å². The topological polar surface area (TPSA) is 66.5 Å². The molecule has 0 radical (unpaired) electrons. The van der Waals surface area contributed by atoms with Crippen LogP contribution in [-0.2, 0) is 7.05 Å². The zero-order chi connectivity index (χ0) is 11.7. The molecule has 0 aliphatic heterocycles. The maximum atomic E-state index is 8.75. The summed E-state index contributed by atoms with van der Waals surface area (Å²) in [5.41, 5.74) is 1.73. The first-order chi connectivity index (χ1) is 7.60. The number of nitrogens with zero attached hydrogens (tertiary/aromatic N) is 4. The Balaban J connectivity index is 2.27. The van der Waals surface area contributed by atoms with Gasteiger partial charge in [0.1, 0.15) is 10.9 Å². The van der Waals surface area contributed by atoms with Gasteiger partial charge in [0.05, 0.1) is 11.4 Å². The number of nitriles is 1. The Bertz CT molecular complexity index is 565. The zero-order valence-electron chi connectivity index (χ0n) is 8.65. The van der Waals surface area contributed by atoms with Crippen LogP contribution in [0.1, 0.15) is 10.6 Å². The highest BCUT2D eigenvalue weighted by Gasteiger charge is 2.10. The number of anilines is 2. The van der Waals surface area contributed by atoms with Gasteiger partial charge in [-0.3, -0.25) is 4.68 Å². The third kappa shape index (κ3) is 2.01. The normalized spacial score (nSPS) is 10.1. The lowest BCUT2D eigenvalue weighted by Gasteiger charge is -1.97. The molecule has 82 valence electrons. The van der Waals surface area contributed by atoms with E-state index in [0.29, 0.717) is 10.0 Å². The van der Waals surface area contributed by atoms with Crippen molar-refractivity contribution in [1.29, 1.82) is 5.26 Å². The molecule has 1 N–H and O–H groups in total. The molecule has 0 atom stereocenters. The molecule has 0 aromatic carbocycles. The molecule has 2 aromatic heterocycles. The van der Waals surface area contributed by atoms with Crippen molar-refractivity contribution in [3.63, 3.8) is 0 Å². The molecule has 5 nitrogen and oxygen atoms in total. The molecule has 0 bridgehead atoms. The van der Waals surface area contributed by atoms with E-state index in [1.807, 2.05) is 26.2 Å². The van der Waals surface area contributed by atoms with Gasteiger partial charge in [-0.1, -0.05) is 22.9 Å². The molecular formula is C9H8ClN5S. The first-order valence-corrected chi connectivity index (χ1v) is 5.63. The number of aromatic nitrogens is 3. The molecule has 0 aliphatic carbocycles. The van der Waals surface area contributed by atoms with E-state index in [2.05, 4.69) is 15.4 Å². The van der Waals surface area contributed by atoms with E-state index in [0.717, 1.165) is 11.4 Å². The second-order valence-corrected chi connectivity index (χ2v) is 4.53. The van der Waals surface area contributed by atoms with E-state index in [4.69, 9.17) is 16.9 Å². The summed E-state index contributed by atoms with van der Waals surface area (Å²) in [7, 11) is 1.84. The lowest BCUT2D eigenvalue weighted by molar-refractivity contribution is 0.756. The molecule has 0 fully saturated rings. The molecule has 2 rings (SSSR count). The first kappa shape index (κ1) is 10.9. The lowest BCUT2D eigenvalue weighted by Crippen LogP contribution is -1.89. The fraction of sp³-hybridized carbons (Fsp3) is 0.222. The van der Waals surface area contributed by atoms with E-state index in [9.17, 15) is 0 Å². The Morgan fingerprint density at radius 2 is 2.38 bits per heavy atom. The Kier molecular flexibility index (Phi) is 2.81. The molecule has 0 amide bonds. The first-order valence-electron chi connectivity index (χ1n) is 4.44. The number of rotatable bonds is 2. The van der Waals surface area contributed by atoms with Crippen LogP contribution in [0, 0.1) is 18.3 Å². The van der Waals surface area contributed by atoms with Crippen molar-refractivity contribution in [2.24, 2.45) is 7.05 Å². The monoisotopic (exact) mass is 253 g/mol. The minimum absolute atomic E-state index is 0.233. The number of nitrogens with one attached hydrogen (secondary N) is 1. The average Bonchev–Trinajstić information content (AvgIpc) is 2.71. The van der Waals surface area contributed by atoms with Crippen LogP contribution in [0.15, 0.2) is 6.20 Å². The molecule has 0 aliphatic rings. The number of hydrogen-bond acceptors (Lipinski definition) is 5. The van der Waals surface area contributed by atoms with Gasteiger partial charge in [-0.15, -0.1) is 0 Å². The molecule has 0 saturated heterocycles. The quantitative estimate of drug-likeness (QED) is 0.893. The molecule has 0 spiro atoms. The van der Waals surface area contributed by atoms with Crippen LogP contribution in [-0.4, -0.2) is 14.8 Å². The second kappa shape index (κ2) is 4.12. The van der Waals surface area contributed by atoms with Gasteiger partial charge in [-0.25, -0.2) is 4.98 Å². The molecule has 2 aromatic rings. The highest BCUT2D eigenvalue weighted by molar-refractivity contribution is 7.16. The van der Waals surface area contributed by atoms with Gasteiger partial charge in [0, 0.05) is 13.2 Å². The number of aryl methyl sites for hydroxylation is 2. The van der Waals surface area contributed by atoms with Crippen molar-refractivity contribution in [2.75, 3.05) is 5.32 Å². The Labute approximate surface area is 101 Å². The predicted molar refractivity (Wildman–Crippen MR) is 63.1 cm³/mol. The van der Waals surface area contributed by atoms with Crippen molar-refractivity contribution in [3.8, 4) is 6.07 Å². The lowest BCUT2D eigenvalue weighted by atomic mass is 10.4. The van der Waals surface area contributed by atoms with Crippen LogP contribution in [0.25, 0.3) is 0 Å². The molecular weight excluding hydrogens is 246 g/mol. The van der Waals surface area contributed by atoms with Gasteiger partial charge in [0.15, 0.2) is 10.3 Å². The van der Waals surface area contributed by atoms with Gasteiger partial charge in [-0.2, -0.15) is 10.4 Å². The van der Waals surface area contributed by atoms with E-state index in [-0.39, 0.29) is 5.15 Å². The fourth-order valence-electron chi connectivity index (χ4n) is 1.26. The van der Waals surface area contributed by atoms with E-state index in [1.165, 1.54) is 11.3 Å². The zero-order valence-corrected chi connectivity index (χ0v) is 10.2. The molecule has 2 heterocycles. The summed E-state index contributed by atoms with van der Waals surface area (Å²) in [6.07, 6.45) is 1.84. The maximum Gasteiger partial charge on any atom is 0.190 e. The molecule has 7 heteroatoms. The molecule has 16 heavy (non-hydrogen) atoms. The van der Waals surface area contributed by atoms with Crippen LogP contribution in [0.4, 0.5) is 10.8 Å². The van der Waals surface area contributed by atoms with Crippen molar-refractivity contribution >= 4 is 33.8 Å². The largest absolute Gasteiger partial charge is 0.329 e. The molecule has 0 saturated carbocycles. The van der Waals surface area contributed by atoms with Crippen LogP contribution >= 0.6 is 22.9 Å².